The molecule has 2 N–H and O–H groups in total. The molecule has 0 radical (unpaired) electrons. The molecule has 2 aromatic rings. The first-order valence-corrected chi connectivity index (χ1v) is 20.3. The number of nitrogens with zero attached hydrogens (tertiary/aromatic N) is 4. The Kier molecular flexibility index (Phi) is 25.3. The van der Waals surface area contributed by atoms with Crippen molar-refractivity contribution < 1.29 is 0 Å². The van der Waals surface area contributed by atoms with Crippen molar-refractivity contribution >= 4 is 45.9 Å². The van der Waals surface area contributed by atoms with Gasteiger partial charge in [-0.05, 0) is 36.0 Å². The zero-order valence-electron chi connectivity index (χ0n) is 29.8. The van der Waals surface area contributed by atoms with Gasteiger partial charge in [-0.15, -0.1) is 0 Å². The van der Waals surface area contributed by atoms with Gasteiger partial charge < -0.3 is 10.6 Å². The zero-order valence-corrected chi connectivity index (χ0v) is 31.3. The molecule has 6 nitrogen and oxygen atoms in total. The number of hydrogen-bond acceptors (Lipinski definition) is 6. The third-order valence-corrected chi connectivity index (χ3v) is 9.47. The summed E-state index contributed by atoms with van der Waals surface area (Å²) < 4.78 is 0. The summed E-state index contributed by atoms with van der Waals surface area (Å²) in [6.07, 6.45) is 37.8. The van der Waals surface area contributed by atoms with Crippen LogP contribution in [0.3, 0.4) is 0 Å². The van der Waals surface area contributed by atoms with Gasteiger partial charge in [0, 0.05) is 13.1 Å². The number of fused-ring (bicyclic) bond motifs is 1. The molecule has 0 amide bonds. The van der Waals surface area contributed by atoms with Crippen molar-refractivity contribution in [2.24, 2.45) is 0 Å². The maximum Gasteiger partial charge on any atom is 0.225 e. The van der Waals surface area contributed by atoms with Gasteiger partial charge >= 0.3 is 0 Å². The number of hydrogen-bond donors (Lipinski definition) is 2. The van der Waals surface area contributed by atoms with Gasteiger partial charge in [-0.25, -0.2) is 9.97 Å². The number of nitrogens with one attached hydrogen (secondary N) is 2. The normalized spacial score (nSPS) is 11.5. The number of aromatic nitrogens is 4. The number of rotatable bonds is 32. The molecule has 2 rings (SSSR count). The minimum Gasteiger partial charge on any atom is -0.368 e. The molecule has 0 aliphatic carbocycles. The third-order valence-electron chi connectivity index (χ3n) is 9.13. The first-order chi connectivity index (χ1) is 22.7. The minimum absolute atomic E-state index is 0.196. The van der Waals surface area contributed by atoms with E-state index in [9.17, 15) is 0 Å². The Morgan fingerprint density at radius 2 is 0.587 bits per heavy atom. The Morgan fingerprint density at radius 1 is 0.348 bits per heavy atom. The van der Waals surface area contributed by atoms with Gasteiger partial charge in [-0.1, -0.05) is 181 Å². The van der Waals surface area contributed by atoms with Crippen molar-refractivity contribution in [1.82, 2.24) is 19.9 Å². The van der Waals surface area contributed by atoms with E-state index in [2.05, 4.69) is 44.4 Å². The molecule has 2 heterocycles. The highest BCUT2D eigenvalue weighted by Gasteiger charge is 2.15. The lowest BCUT2D eigenvalue weighted by Gasteiger charge is -2.12. The van der Waals surface area contributed by atoms with Crippen LogP contribution in [0.1, 0.15) is 194 Å². The van der Waals surface area contributed by atoms with E-state index in [-0.39, 0.29) is 10.6 Å². The van der Waals surface area contributed by atoms with E-state index in [4.69, 9.17) is 23.2 Å². The Balaban J connectivity index is 1.57. The molecule has 0 saturated heterocycles. The van der Waals surface area contributed by atoms with E-state index in [0.29, 0.717) is 22.7 Å². The summed E-state index contributed by atoms with van der Waals surface area (Å²) in [6.45, 7) is 6.22. The summed E-state index contributed by atoms with van der Waals surface area (Å²) in [6, 6.07) is 0. The van der Waals surface area contributed by atoms with Crippen molar-refractivity contribution in [3.63, 3.8) is 0 Å². The lowest BCUT2D eigenvalue weighted by molar-refractivity contribution is 0.537. The maximum atomic E-state index is 6.33. The average Bonchev–Trinajstić information content (AvgIpc) is 3.05. The fraction of sp³-hybridized carbons (Fsp3) is 0.842. The monoisotopic (exact) mass is 678 g/mol. The predicted molar refractivity (Wildman–Crippen MR) is 203 cm³/mol. The SMILES string of the molecule is CCCCCCCCCCCCCCCCNc1nc(Cl)nc2c(NCCCCCCCCCCCCCCCC)nc(Cl)nc12. The van der Waals surface area contributed by atoms with Crippen molar-refractivity contribution in [2.75, 3.05) is 23.7 Å². The first kappa shape index (κ1) is 40.8. The van der Waals surface area contributed by atoms with Crippen molar-refractivity contribution in [1.29, 1.82) is 0 Å². The van der Waals surface area contributed by atoms with Crippen LogP contribution < -0.4 is 10.6 Å². The van der Waals surface area contributed by atoms with Crippen molar-refractivity contribution in [2.45, 2.75) is 194 Å². The van der Waals surface area contributed by atoms with Crippen molar-refractivity contribution in [3.8, 4) is 0 Å². The molecular formula is C38H68Cl2N6. The summed E-state index contributed by atoms with van der Waals surface area (Å²) in [5.74, 6) is 1.27. The summed E-state index contributed by atoms with van der Waals surface area (Å²) in [7, 11) is 0. The van der Waals surface area contributed by atoms with Crippen molar-refractivity contribution in [3.05, 3.63) is 10.6 Å². The Morgan fingerprint density at radius 3 is 0.848 bits per heavy atom. The molecule has 2 aromatic heterocycles. The van der Waals surface area contributed by atoms with Crippen LogP contribution in [-0.2, 0) is 0 Å². The molecule has 0 spiro atoms. The largest absolute Gasteiger partial charge is 0.368 e. The molecule has 46 heavy (non-hydrogen) atoms. The second-order valence-corrected chi connectivity index (χ2v) is 14.1. The van der Waals surface area contributed by atoms with Gasteiger partial charge in [0.2, 0.25) is 10.6 Å². The average molecular weight is 680 g/mol. The number of anilines is 2. The van der Waals surface area contributed by atoms with Crippen LogP contribution in [0.5, 0.6) is 0 Å². The van der Waals surface area contributed by atoms with Crippen LogP contribution in [0.4, 0.5) is 11.6 Å². The predicted octanol–water partition coefficient (Wildman–Crippen LogP) is 13.5. The van der Waals surface area contributed by atoms with Gasteiger partial charge in [0.1, 0.15) is 11.0 Å². The first-order valence-electron chi connectivity index (χ1n) is 19.5. The zero-order chi connectivity index (χ0) is 32.9. The topological polar surface area (TPSA) is 75.6 Å². The fourth-order valence-corrected chi connectivity index (χ4v) is 6.60. The summed E-state index contributed by atoms with van der Waals surface area (Å²) in [5, 5.41) is 7.26. The van der Waals surface area contributed by atoms with Crippen LogP contribution in [0.25, 0.3) is 11.0 Å². The Hall–Kier alpha value is -1.40. The molecular weight excluding hydrogens is 611 g/mol. The molecule has 0 bridgehead atoms. The molecule has 264 valence electrons. The number of halogens is 2. The molecule has 0 unspecified atom stereocenters. The van der Waals surface area contributed by atoms with E-state index in [1.807, 2.05) is 0 Å². The second kappa shape index (κ2) is 28.6. The molecule has 0 aliphatic rings. The molecule has 8 heteroatoms. The Labute approximate surface area is 292 Å². The van der Waals surface area contributed by atoms with Crippen LogP contribution in [0, 0.1) is 0 Å². The quantitative estimate of drug-likeness (QED) is 0.0592. The van der Waals surface area contributed by atoms with Gasteiger partial charge in [-0.3, -0.25) is 0 Å². The molecule has 0 atom stereocenters. The summed E-state index contributed by atoms with van der Waals surface area (Å²) in [5.41, 5.74) is 1.25. The van der Waals surface area contributed by atoms with Crippen LogP contribution in [0.15, 0.2) is 0 Å². The van der Waals surface area contributed by atoms with Crippen LogP contribution in [0.2, 0.25) is 10.6 Å². The Bertz CT molecular complexity index is 926. The van der Waals surface area contributed by atoms with Gasteiger partial charge in [0.25, 0.3) is 0 Å². The van der Waals surface area contributed by atoms with E-state index in [1.54, 1.807) is 0 Å². The molecule has 0 aromatic carbocycles. The van der Waals surface area contributed by atoms with E-state index in [1.165, 1.54) is 167 Å². The van der Waals surface area contributed by atoms with Gasteiger partial charge in [0.05, 0.1) is 0 Å². The lowest BCUT2D eigenvalue weighted by Crippen LogP contribution is -2.09. The highest BCUT2D eigenvalue weighted by atomic mass is 35.5. The van der Waals surface area contributed by atoms with E-state index < -0.39 is 0 Å². The van der Waals surface area contributed by atoms with E-state index >= 15 is 0 Å². The summed E-state index contributed by atoms with van der Waals surface area (Å²) >= 11 is 12.7. The highest BCUT2D eigenvalue weighted by molar-refractivity contribution is 6.30. The molecule has 0 aliphatic heterocycles. The van der Waals surface area contributed by atoms with Crippen LogP contribution in [-0.4, -0.2) is 33.0 Å². The van der Waals surface area contributed by atoms with E-state index in [0.717, 1.165) is 25.9 Å². The standard InChI is InChI=1S/C38H68Cl2N6/c1-3-5-7-9-11-13-15-17-19-21-23-25-27-29-31-41-35-33-34(44-37(39)45-35)36(46-38(40)43-33)42-32-30-28-26-24-22-20-18-16-14-12-10-8-6-4-2/h3-32H2,1-2H3,(H,41,44,45)(H,42,43,46). The second-order valence-electron chi connectivity index (χ2n) is 13.4. The maximum absolute atomic E-state index is 6.33. The van der Waals surface area contributed by atoms with Gasteiger partial charge in [0.15, 0.2) is 11.6 Å². The highest BCUT2D eigenvalue weighted by Crippen LogP contribution is 2.27. The molecule has 0 saturated carbocycles. The van der Waals surface area contributed by atoms with Gasteiger partial charge in [-0.2, -0.15) is 9.97 Å². The summed E-state index contributed by atoms with van der Waals surface area (Å²) in [4.78, 5) is 17.8. The fourth-order valence-electron chi connectivity index (χ4n) is 6.26. The molecule has 0 fully saturated rings. The van der Waals surface area contributed by atoms with Crippen LogP contribution >= 0.6 is 23.2 Å². The smallest absolute Gasteiger partial charge is 0.225 e. The lowest BCUT2D eigenvalue weighted by atomic mass is 10.0. The number of unbranched alkanes of at least 4 members (excludes halogenated alkanes) is 26. The minimum atomic E-state index is 0.196. The third kappa shape index (κ3) is 20.1.